The molecule has 0 aliphatic carbocycles. The van der Waals surface area contributed by atoms with Gasteiger partial charge in [-0.05, 0) is 51.1 Å². The van der Waals surface area contributed by atoms with Crippen molar-refractivity contribution in [1.82, 2.24) is 9.78 Å². The Morgan fingerprint density at radius 2 is 1.71 bits per heavy atom. The summed E-state index contributed by atoms with van der Waals surface area (Å²) in [5.74, 6) is 1.14. The number of rotatable bonds is 5. The van der Waals surface area contributed by atoms with E-state index in [0.29, 0.717) is 32.5 Å². The molecular weight excluding hydrogens is 459 g/mol. The van der Waals surface area contributed by atoms with Gasteiger partial charge in [-0.2, -0.15) is 0 Å². The molecule has 2 heterocycles. The van der Waals surface area contributed by atoms with Crippen LogP contribution in [0.25, 0.3) is 16.9 Å². The Bertz CT molecular complexity index is 1160. The minimum atomic E-state index is -0.649. The summed E-state index contributed by atoms with van der Waals surface area (Å²) in [5, 5.41) is 12.9. The second-order valence-corrected chi connectivity index (χ2v) is 8.88. The summed E-state index contributed by atoms with van der Waals surface area (Å²) >= 11 is 18.7. The van der Waals surface area contributed by atoms with E-state index < -0.39 is 5.60 Å². The Balaban J connectivity index is 1.88. The number of methoxy groups -OCH3 is 1. The lowest BCUT2D eigenvalue weighted by molar-refractivity contribution is 0.0621. The maximum atomic E-state index is 6.52. The monoisotopic (exact) mass is 478 g/mol. The SMILES string of the molecule is COC(C)(C)C1=NN(c2nn(-c3ccc(Cl)cc3Cl)c(-c3ccc(Cl)cc3)c2C)CO1. The number of hydrazone groups is 1. The molecule has 0 N–H and O–H groups in total. The van der Waals surface area contributed by atoms with Gasteiger partial charge in [-0.1, -0.05) is 46.9 Å². The van der Waals surface area contributed by atoms with Crippen LogP contribution in [0, 0.1) is 6.92 Å². The molecule has 0 bridgehead atoms. The molecule has 31 heavy (non-hydrogen) atoms. The number of aromatic nitrogens is 2. The quantitative estimate of drug-likeness (QED) is 0.428. The lowest BCUT2D eigenvalue weighted by atomic mass is 10.1. The predicted molar refractivity (Wildman–Crippen MR) is 126 cm³/mol. The lowest BCUT2D eigenvalue weighted by Crippen LogP contribution is -2.33. The topological polar surface area (TPSA) is 51.9 Å². The van der Waals surface area contributed by atoms with E-state index in [1.807, 2.05) is 51.1 Å². The zero-order chi connectivity index (χ0) is 22.3. The van der Waals surface area contributed by atoms with Gasteiger partial charge < -0.3 is 9.47 Å². The van der Waals surface area contributed by atoms with E-state index in [1.165, 1.54) is 0 Å². The van der Waals surface area contributed by atoms with Gasteiger partial charge in [0.25, 0.3) is 0 Å². The van der Waals surface area contributed by atoms with Crippen molar-refractivity contribution in [3.05, 3.63) is 63.1 Å². The molecule has 0 spiro atoms. The van der Waals surface area contributed by atoms with Crippen molar-refractivity contribution in [2.75, 3.05) is 18.8 Å². The standard InChI is InChI=1S/C22H21Cl3N4O2/c1-13-19(14-5-7-15(23)8-6-14)29(18-10-9-16(24)11-17(18)25)26-20(13)28-12-31-21(27-28)22(2,3)30-4/h5-11H,12H2,1-4H3. The second kappa shape index (κ2) is 8.36. The summed E-state index contributed by atoms with van der Waals surface area (Å²) in [5.41, 5.74) is 2.77. The molecule has 0 saturated carbocycles. The highest BCUT2D eigenvalue weighted by atomic mass is 35.5. The summed E-state index contributed by atoms with van der Waals surface area (Å²) in [4.78, 5) is 0. The maximum Gasteiger partial charge on any atom is 0.240 e. The van der Waals surface area contributed by atoms with E-state index in [0.717, 1.165) is 16.8 Å². The van der Waals surface area contributed by atoms with Gasteiger partial charge in [0, 0.05) is 28.3 Å². The Kier molecular flexibility index (Phi) is 5.92. The van der Waals surface area contributed by atoms with Crippen molar-refractivity contribution in [2.24, 2.45) is 5.10 Å². The third-order valence-corrected chi connectivity index (χ3v) is 5.95. The minimum Gasteiger partial charge on any atom is -0.454 e. The number of anilines is 1. The first kappa shape index (κ1) is 22.0. The normalized spacial score (nSPS) is 14.0. The molecule has 1 aliphatic rings. The van der Waals surface area contributed by atoms with E-state index in [2.05, 4.69) is 5.10 Å². The molecule has 0 saturated heterocycles. The summed E-state index contributed by atoms with van der Waals surface area (Å²) in [6, 6.07) is 12.9. The molecule has 0 unspecified atom stereocenters. The van der Waals surface area contributed by atoms with Gasteiger partial charge in [0.1, 0.15) is 5.60 Å². The van der Waals surface area contributed by atoms with Crippen LogP contribution < -0.4 is 5.01 Å². The fourth-order valence-corrected chi connectivity index (χ4v) is 3.90. The van der Waals surface area contributed by atoms with Crippen molar-refractivity contribution >= 4 is 46.5 Å². The zero-order valence-corrected chi connectivity index (χ0v) is 19.8. The molecule has 1 aromatic heterocycles. The van der Waals surface area contributed by atoms with Gasteiger partial charge in [-0.3, -0.25) is 0 Å². The van der Waals surface area contributed by atoms with Crippen molar-refractivity contribution < 1.29 is 9.47 Å². The number of benzene rings is 2. The molecule has 1 aliphatic heterocycles. The highest BCUT2D eigenvalue weighted by Gasteiger charge is 2.34. The van der Waals surface area contributed by atoms with Crippen LogP contribution in [-0.2, 0) is 9.47 Å². The van der Waals surface area contributed by atoms with Crippen molar-refractivity contribution in [1.29, 1.82) is 0 Å². The van der Waals surface area contributed by atoms with Crippen LogP contribution in [0.1, 0.15) is 19.4 Å². The molecule has 2 aromatic carbocycles. The maximum absolute atomic E-state index is 6.52. The Hall–Kier alpha value is -2.25. The van der Waals surface area contributed by atoms with Crippen LogP contribution >= 0.6 is 34.8 Å². The van der Waals surface area contributed by atoms with Crippen molar-refractivity contribution in [3.63, 3.8) is 0 Å². The largest absolute Gasteiger partial charge is 0.454 e. The van der Waals surface area contributed by atoms with Crippen molar-refractivity contribution in [2.45, 2.75) is 26.4 Å². The number of nitrogens with zero attached hydrogens (tertiary/aromatic N) is 4. The van der Waals surface area contributed by atoms with Gasteiger partial charge in [0.05, 0.1) is 16.4 Å². The van der Waals surface area contributed by atoms with Crippen LogP contribution in [0.2, 0.25) is 15.1 Å². The van der Waals surface area contributed by atoms with Gasteiger partial charge >= 0.3 is 0 Å². The first-order valence-electron chi connectivity index (χ1n) is 9.57. The number of hydrogen-bond donors (Lipinski definition) is 0. The third-order valence-electron chi connectivity index (χ3n) is 5.16. The van der Waals surface area contributed by atoms with E-state index in [1.54, 1.807) is 28.9 Å². The Labute approximate surface area is 195 Å². The smallest absolute Gasteiger partial charge is 0.240 e. The molecule has 4 rings (SSSR count). The summed E-state index contributed by atoms with van der Waals surface area (Å²) in [7, 11) is 1.62. The lowest BCUT2D eigenvalue weighted by Gasteiger charge is -2.20. The number of halogens is 3. The number of hydrogen-bond acceptors (Lipinski definition) is 5. The fraction of sp³-hybridized carbons (Fsp3) is 0.273. The summed E-state index contributed by atoms with van der Waals surface area (Å²) in [6.07, 6.45) is 0. The minimum absolute atomic E-state index is 0.231. The van der Waals surface area contributed by atoms with Gasteiger partial charge in [-0.15, -0.1) is 10.2 Å². The second-order valence-electron chi connectivity index (χ2n) is 7.60. The van der Waals surface area contributed by atoms with Gasteiger partial charge in [0.15, 0.2) is 12.5 Å². The summed E-state index contributed by atoms with van der Waals surface area (Å²) < 4.78 is 13.1. The first-order chi connectivity index (χ1) is 14.7. The summed E-state index contributed by atoms with van der Waals surface area (Å²) in [6.45, 7) is 6.01. The van der Waals surface area contributed by atoms with Gasteiger partial charge in [0.2, 0.25) is 5.90 Å². The van der Waals surface area contributed by atoms with Crippen LogP contribution in [0.4, 0.5) is 5.82 Å². The van der Waals surface area contributed by atoms with E-state index in [-0.39, 0.29) is 6.73 Å². The highest BCUT2D eigenvalue weighted by molar-refractivity contribution is 6.35. The Morgan fingerprint density at radius 3 is 2.35 bits per heavy atom. The van der Waals surface area contributed by atoms with E-state index in [9.17, 15) is 0 Å². The molecule has 6 nitrogen and oxygen atoms in total. The molecule has 0 radical (unpaired) electrons. The Morgan fingerprint density at radius 1 is 1.03 bits per heavy atom. The molecule has 9 heteroatoms. The molecule has 3 aromatic rings. The highest BCUT2D eigenvalue weighted by Crippen LogP contribution is 2.37. The zero-order valence-electron chi connectivity index (χ0n) is 17.5. The first-order valence-corrected chi connectivity index (χ1v) is 10.7. The fourth-order valence-electron chi connectivity index (χ4n) is 3.28. The van der Waals surface area contributed by atoms with Crippen LogP contribution in [0.5, 0.6) is 0 Å². The van der Waals surface area contributed by atoms with Crippen molar-refractivity contribution in [3.8, 4) is 16.9 Å². The molecule has 0 atom stereocenters. The third kappa shape index (κ3) is 4.13. The van der Waals surface area contributed by atoms with Crippen LogP contribution in [0.3, 0.4) is 0 Å². The van der Waals surface area contributed by atoms with Crippen LogP contribution in [0.15, 0.2) is 47.6 Å². The molecule has 0 fully saturated rings. The number of ether oxygens (including phenoxy) is 2. The average Bonchev–Trinajstić information content (AvgIpc) is 3.34. The van der Waals surface area contributed by atoms with E-state index >= 15 is 0 Å². The predicted octanol–water partition coefficient (Wildman–Crippen LogP) is 6.34. The molecular formula is C22H21Cl3N4O2. The van der Waals surface area contributed by atoms with Gasteiger partial charge in [-0.25, -0.2) is 9.69 Å². The van der Waals surface area contributed by atoms with E-state index in [4.69, 9.17) is 49.4 Å². The molecule has 162 valence electrons. The average molecular weight is 480 g/mol. The van der Waals surface area contributed by atoms with Crippen LogP contribution in [-0.4, -0.2) is 35.1 Å². The molecule has 0 amide bonds.